The molecule has 0 atom stereocenters. The fraction of sp³-hybridized carbons (Fsp3) is 0.250. The second-order valence-corrected chi connectivity index (χ2v) is 8.03. The Balaban J connectivity index is 2.33. The van der Waals surface area contributed by atoms with Gasteiger partial charge in [0, 0.05) is 30.2 Å². The topological polar surface area (TPSA) is 75.7 Å². The molecule has 9 heteroatoms. The molecule has 0 fully saturated rings. The van der Waals surface area contributed by atoms with Crippen molar-refractivity contribution < 1.29 is 19.1 Å². The molecule has 0 aliphatic rings. The highest BCUT2D eigenvalue weighted by atomic mass is 35.5. The van der Waals surface area contributed by atoms with Crippen molar-refractivity contribution in [3.8, 4) is 0 Å². The number of carbonyl (C=O) groups is 3. The van der Waals surface area contributed by atoms with E-state index in [1.54, 1.807) is 46.1 Å². The number of thiophene rings is 1. The number of benzene rings is 1. The van der Waals surface area contributed by atoms with E-state index in [1.165, 1.54) is 17.1 Å². The number of carbonyl (C=O) groups excluding carboxylic acids is 3. The summed E-state index contributed by atoms with van der Waals surface area (Å²) in [5.41, 5.74) is 1.25. The summed E-state index contributed by atoms with van der Waals surface area (Å²) >= 11 is 13.0. The van der Waals surface area contributed by atoms with Gasteiger partial charge in [0.2, 0.25) is 5.91 Å². The Bertz CT molecular complexity index is 983. The van der Waals surface area contributed by atoms with Gasteiger partial charge in [0.1, 0.15) is 5.00 Å². The Morgan fingerprint density at radius 1 is 1.24 bits per heavy atom. The Morgan fingerprint density at radius 3 is 2.52 bits per heavy atom. The van der Waals surface area contributed by atoms with Crippen LogP contribution in [0.5, 0.6) is 0 Å². The fourth-order valence-corrected chi connectivity index (χ4v) is 4.10. The molecule has 0 saturated heterocycles. The molecule has 1 N–H and O–H groups in total. The summed E-state index contributed by atoms with van der Waals surface area (Å²) in [5, 5.41) is 3.80. The van der Waals surface area contributed by atoms with E-state index in [0.29, 0.717) is 26.0 Å². The van der Waals surface area contributed by atoms with E-state index in [1.807, 2.05) is 0 Å². The van der Waals surface area contributed by atoms with E-state index in [4.69, 9.17) is 27.9 Å². The molecule has 0 aliphatic carbocycles. The van der Waals surface area contributed by atoms with Crippen LogP contribution in [0.3, 0.4) is 0 Å². The second-order valence-electron chi connectivity index (χ2n) is 6.17. The van der Waals surface area contributed by atoms with Gasteiger partial charge in [-0.15, -0.1) is 11.3 Å². The molecule has 0 radical (unpaired) electrons. The van der Waals surface area contributed by atoms with Gasteiger partial charge in [-0.3, -0.25) is 9.59 Å². The normalized spacial score (nSPS) is 10.8. The molecule has 0 unspecified atom stereocenters. The molecule has 1 heterocycles. The van der Waals surface area contributed by atoms with Gasteiger partial charge in [-0.2, -0.15) is 0 Å². The number of nitrogens with one attached hydrogen (secondary N) is 1. The van der Waals surface area contributed by atoms with Crippen molar-refractivity contribution in [3.63, 3.8) is 0 Å². The van der Waals surface area contributed by atoms with Crippen LogP contribution < -0.4 is 5.32 Å². The van der Waals surface area contributed by atoms with Gasteiger partial charge in [0.15, 0.2) is 0 Å². The Labute approximate surface area is 183 Å². The summed E-state index contributed by atoms with van der Waals surface area (Å²) < 4.78 is 5.08. The highest BCUT2D eigenvalue weighted by molar-refractivity contribution is 7.18. The highest BCUT2D eigenvalue weighted by Gasteiger charge is 2.27. The molecular formula is C20H20Cl2N2O4S. The van der Waals surface area contributed by atoms with Crippen LogP contribution >= 0.6 is 34.5 Å². The summed E-state index contributed by atoms with van der Waals surface area (Å²) in [6, 6.07) is 4.91. The van der Waals surface area contributed by atoms with Crippen molar-refractivity contribution in [1.29, 1.82) is 0 Å². The second kappa shape index (κ2) is 9.91. The van der Waals surface area contributed by atoms with Crippen LogP contribution in [0.4, 0.5) is 5.00 Å². The molecule has 154 valence electrons. The molecule has 0 saturated carbocycles. The third-order valence-electron chi connectivity index (χ3n) is 3.84. The maximum atomic E-state index is 12.4. The van der Waals surface area contributed by atoms with E-state index in [-0.39, 0.29) is 23.1 Å². The molecule has 2 amide bonds. The van der Waals surface area contributed by atoms with Crippen molar-refractivity contribution in [2.45, 2.75) is 13.8 Å². The van der Waals surface area contributed by atoms with Gasteiger partial charge < -0.3 is 15.0 Å². The predicted octanol–water partition coefficient (Wildman–Crippen LogP) is 4.89. The number of rotatable bonds is 6. The molecule has 0 aliphatic heterocycles. The predicted molar refractivity (Wildman–Crippen MR) is 117 cm³/mol. The van der Waals surface area contributed by atoms with E-state index < -0.39 is 11.9 Å². The molecular weight excluding hydrogens is 435 g/mol. The first-order valence-corrected chi connectivity index (χ1v) is 10.2. The van der Waals surface area contributed by atoms with Crippen LogP contribution in [-0.4, -0.2) is 43.4 Å². The van der Waals surface area contributed by atoms with Gasteiger partial charge in [-0.25, -0.2) is 4.79 Å². The van der Waals surface area contributed by atoms with Crippen molar-refractivity contribution in [2.75, 3.05) is 26.0 Å². The van der Waals surface area contributed by atoms with Gasteiger partial charge in [0.05, 0.1) is 17.0 Å². The number of halogens is 2. The van der Waals surface area contributed by atoms with Gasteiger partial charge in [-0.1, -0.05) is 29.3 Å². The SMILES string of the molecule is CCOC(=O)c1c(NC(=O)/C=C/c2ccc(Cl)cc2Cl)sc(C(=O)N(C)C)c1C. The first-order valence-electron chi connectivity index (χ1n) is 8.62. The average Bonchev–Trinajstić information content (AvgIpc) is 2.96. The smallest absolute Gasteiger partial charge is 0.341 e. The third kappa shape index (κ3) is 5.59. The molecule has 1 aromatic heterocycles. The average molecular weight is 455 g/mol. The standard InChI is InChI=1S/C20H20Cl2N2O4S/c1-5-28-20(27)16-11(2)17(19(26)24(3)4)29-18(16)23-15(25)9-7-12-6-8-13(21)10-14(12)22/h6-10H,5H2,1-4H3,(H,23,25)/b9-7+. The summed E-state index contributed by atoms with van der Waals surface area (Å²) in [4.78, 5) is 39.0. The minimum absolute atomic E-state index is 0.174. The Morgan fingerprint density at radius 2 is 1.93 bits per heavy atom. The van der Waals surface area contributed by atoms with Gasteiger partial charge >= 0.3 is 5.97 Å². The highest BCUT2D eigenvalue weighted by Crippen LogP contribution is 2.34. The first kappa shape index (κ1) is 22.9. The quantitative estimate of drug-likeness (QED) is 0.497. The third-order valence-corrected chi connectivity index (χ3v) is 5.60. The number of nitrogens with zero attached hydrogens (tertiary/aromatic N) is 1. The molecule has 0 bridgehead atoms. The molecule has 2 aromatic rings. The Kier molecular flexibility index (Phi) is 7.84. The number of esters is 1. The number of ether oxygens (including phenoxy) is 1. The van der Waals surface area contributed by atoms with Gasteiger partial charge in [0.25, 0.3) is 5.91 Å². The first-order chi connectivity index (χ1) is 13.6. The maximum absolute atomic E-state index is 12.4. The van der Waals surface area contributed by atoms with Crippen LogP contribution in [0.1, 0.15) is 38.1 Å². The minimum atomic E-state index is -0.598. The molecule has 0 spiro atoms. The summed E-state index contributed by atoms with van der Waals surface area (Å²) in [5.74, 6) is -1.34. The molecule has 1 aromatic carbocycles. The van der Waals surface area contributed by atoms with Crippen LogP contribution in [0.15, 0.2) is 24.3 Å². The van der Waals surface area contributed by atoms with Crippen molar-refractivity contribution in [3.05, 3.63) is 55.9 Å². The van der Waals surface area contributed by atoms with Crippen LogP contribution in [0.2, 0.25) is 10.0 Å². The lowest BCUT2D eigenvalue weighted by molar-refractivity contribution is -0.111. The lowest BCUT2D eigenvalue weighted by Crippen LogP contribution is -2.21. The number of amides is 2. The zero-order valence-electron chi connectivity index (χ0n) is 16.3. The lowest BCUT2D eigenvalue weighted by Gasteiger charge is -2.09. The molecule has 29 heavy (non-hydrogen) atoms. The minimum Gasteiger partial charge on any atom is -0.462 e. The van der Waals surface area contributed by atoms with Crippen LogP contribution in [-0.2, 0) is 9.53 Å². The van der Waals surface area contributed by atoms with E-state index in [0.717, 1.165) is 11.3 Å². The van der Waals surface area contributed by atoms with Crippen molar-refractivity contribution in [2.24, 2.45) is 0 Å². The lowest BCUT2D eigenvalue weighted by atomic mass is 10.1. The monoisotopic (exact) mass is 454 g/mol. The Hall–Kier alpha value is -2.35. The number of hydrogen-bond acceptors (Lipinski definition) is 5. The number of hydrogen-bond donors (Lipinski definition) is 1. The maximum Gasteiger partial charge on any atom is 0.341 e. The zero-order valence-corrected chi connectivity index (χ0v) is 18.7. The summed E-state index contributed by atoms with van der Waals surface area (Å²) in [6.07, 6.45) is 2.82. The molecule has 6 nitrogen and oxygen atoms in total. The largest absolute Gasteiger partial charge is 0.462 e. The van der Waals surface area contributed by atoms with Crippen LogP contribution in [0, 0.1) is 6.92 Å². The van der Waals surface area contributed by atoms with Gasteiger partial charge in [-0.05, 0) is 43.2 Å². The summed E-state index contributed by atoms with van der Waals surface area (Å²) in [6.45, 7) is 3.51. The number of anilines is 1. The molecule has 2 rings (SSSR count). The van der Waals surface area contributed by atoms with E-state index in [9.17, 15) is 14.4 Å². The van der Waals surface area contributed by atoms with Crippen molar-refractivity contribution >= 4 is 63.4 Å². The van der Waals surface area contributed by atoms with E-state index >= 15 is 0 Å². The van der Waals surface area contributed by atoms with Crippen LogP contribution in [0.25, 0.3) is 6.08 Å². The zero-order chi connectivity index (χ0) is 21.7. The summed E-state index contributed by atoms with van der Waals surface area (Å²) in [7, 11) is 3.23. The van der Waals surface area contributed by atoms with Crippen molar-refractivity contribution in [1.82, 2.24) is 4.90 Å². The van der Waals surface area contributed by atoms with E-state index in [2.05, 4.69) is 5.32 Å². The fourth-order valence-electron chi connectivity index (χ4n) is 2.41.